The van der Waals surface area contributed by atoms with E-state index in [1.807, 2.05) is 18.2 Å². The van der Waals surface area contributed by atoms with Crippen molar-refractivity contribution >= 4 is 5.97 Å². The normalized spacial score (nSPS) is 10.1. The van der Waals surface area contributed by atoms with E-state index in [-0.39, 0.29) is 6.61 Å². The molecule has 1 aromatic rings. The van der Waals surface area contributed by atoms with E-state index in [2.05, 4.69) is 30.4 Å². The summed E-state index contributed by atoms with van der Waals surface area (Å²) in [6.45, 7) is 5.96. The first-order valence-electron chi connectivity index (χ1n) is 5.24. The fourth-order valence-corrected chi connectivity index (χ4v) is 0.868. The summed E-state index contributed by atoms with van der Waals surface area (Å²) in [5.74, 6) is -1.42. The van der Waals surface area contributed by atoms with Crippen molar-refractivity contribution in [3.05, 3.63) is 48.0 Å². The Labute approximate surface area is 104 Å². The Kier molecular flexibility index (Phi) is 6.78. The van der Waals surface area contributed by atoms with Crippen molar-refractivity contribution in [2.24, 2.45) is 0 Å². The minimum atomic E-state index is -4.69. The number of carbonyl (C=O) groups is 1. The molecule has 1 rings (SSSR count). The van der Waals surface area contributed by atoms with Crippen molar-refractivity contribution in [2.75, 3.05) is 6.61 Å². The molecule has 0 unspecified atom stereocenters. The van der Waals surface area contributed by atoms with Gasteiger partial charge in [0.1, 0.15) is 5.57 Å². The summed E-state index contributed by atoms with van der Waals surface area (Å²) in [5, 5.41) is 0. The molecular formula is C13H15F3O2. The number of carbonyl (C=O) groups excluding carboxylic acids is 1. The zero-order valence-electron chi connectivity index (χ0n) is 10.3. The van der Waals surface area contributed by atoms with Crippen molar-refractivity contribution in [3.63, 3.8) is 0 Å². The lowest BCUT2D eigenvalue weighted by molar-refractivity contribution is -0.150. The molecule has 0 saturated heterocycles. The zero-order chi connectivity index (χ0) is 14.2. The highest BCUT2D eigenvalue weighted by molar-refractivity contribution is 5.89. The monoisotopic (exact) mass is 260 g/mol. The molecule has 0 N–H and O–H groups in total. The van der Waals surface area contributed by atoms with Crippen molar-refractivity contribution < 1.29 is 22.7 Å². The van der Waals surface area contributed by atoms with E-state index in [1.165, 1.54) is 12.5 Å². The summed E-state index contributed by atoms with van der Waals surface area (Å²) in [6.07, 6.45) is -4.69. The summed E-state index contributed by atoms with van der Waals surface area (Å²) >= 11 is 0. The van der Waals surface area contributed by atoms with Crippen molar-refractivity contribution in [1.29, 1.82) is 0 Å². The molecule has 0 radical (unpaired) electrons. The molecule has 0 heterocycles. The Morgan fingerprint density at radius 3 is 2.06 bits per heavy atom. The topological polar surface area (TPSA) is 26.3 Å². The van der Waals surface area contributed by atoms with Crippen LogP contribution in [0.3, 0.4) is 0 Å². The van der Waals surface area contributed by atoms with Crippen LogP contribution in [0.2, 0.25) is 0 Å². The molecule has 0 saturated carbocycles. The second-order valence-corrected chi connectivity index (χ2v) is 3.35. The zero-order valence-corrected chi connectivity index (χ0v) is 10.3. The number of aryl methyl sites for hydroxylation is 1. The molecule has 0 aliphatic heterocycles. The van der Waals surface area contributed by atoms with Crippen LogP contribution in [0.5, 0.6) is 0 Å². The molecular weight excluding hydrogens is 245 g/mol. The molecule has 0 amide bonds. The minimum Gasteiger partial charge on any atom is -0.462 e. The van der Waals surface area contributed by atoms with Gasteiger partial charge in [-0.1, -0.05) is 42.5 Å². The van der Waals surface area contributed by atoms with Crippen LogP contribution in [0.15, 0.2) is 42.5 Å². The smallest absolute Gasteiger partial charge is 0.422 e. The van der Waals surface area contributed by atoms with Gasteiger partial charge in [0.05, 0.1) is 6.61 Å². The van der Waals surface area contributed by atoms with Crippen LogP contribution in [-0.2, 0) is 9.53 Å². The molecule has 0 spiro atoms. The number of ether oxygens (including phenoxy) is 1. The molecule has 5 heteroatoms. The molecule has 100 valence electrons. The summed E-state index contributed by atoms with van der Waals surface area (Å²) < 4.78 is 38.9. The number of halogens is 3. The standard InChI is InChI=1S/C7H8.C6H7F3O2/c1-7-5-3-2-4-6-7;1-3-11-5(10)4(2)6(7,8)9/h2-6H,1H3;2-3H2,1H3. The molecule has 0 atom stereocenters. The number of hydrogen-bond acceptors (Lipinski definition) is 2. The van der Waals surface area contributed by atoms with Crippen LogP contribution in [-0.4, -0.2) is 18.8 Å². The highest BCUT2D eigenvalue weighted by Crippen LogP contribution is 2.24. The average molecular weight is 260 g/mol. The molecule has 0 aliphatic rings. The average Bonchev–Trinajstić information content (AvgIpc) is 2.29. The predicted octanol–water partition coefficient (Wildman–Crippen LogP) is 3.66. The van der Waals surface area contributed by atoms with Crippen LogP contribution in [0.4, 0.5) is 13.2 Å². The number of hydrogen-bond donors (Lipinski definition) is 0. The van der Waals surface area contributed by atoms with Crippen molar-refractivity contribution in [1.82, 2.24) is 0 Å². The van der Waals surface area contributed by atoms with Crippen LogP contribution in [0.25, 0.3) is 0 Å². The van der Waals surface area contributed by atoms with Gasteiger partial charge in [0.25, 0.3) is 0 Å². The number of alkyl halides is 3. The van der Waals surface area contributed by atoms with E-state index >= 15 is 0 Å². The maximum atomic E-state index is 11.6. The van der Waals surface area contributed by atoms with Crippen molar-refractivity contribution in [3.8, 4) is 0 Å². The predicted molar refractivity (Wildman–Crippen MR) is 63.0 cm³/mol. The summed E-state index contributed by atoms with van der Waals surface area (Å²) in [4.78, 5) is 10.3. The van der Waals surface area contributed by atoms with Gasteiger partial charge >= 0.3 is 12.1 Å². The first-order chi connectivity index (χ1) is 8.29. The fourth-order valence-electron chi connectivity index (χ4n) is 0.868. The number of benzene rings is 1. The molecule has 0 aromatic heterocycles. The third-order valence-corrected chi connectivity index (χ3v) is 1.80. The Bertz CT molecular complexity index is 383. The lowest BCUT2D eigenvalue weighted by Gasteiger charge is -2.07. The maximum absolute atomic E-state index is 11.6. The fraction of sp³-hybridized carbons (Fsp3) is 0.308. The lowest BCUT2D eigenvalue weighted by Crippen LogP contribution is -2.20. The van der Waals surface area contributed by atoms with Gasteiger partial charge in [0, 0.05) is 0 Å². The van der Waals surface area contributed by atoms with Gasteiger partial charge < -0.3 is 4.74 Å². The highest BCUT2D eigenvalue weighted by Gasteiger charge is 2.37. The maximum Gasteiger partial charge on any atom is 0.422 e. The minimum absolute atomic E-state index is 0.0894. The SMILES string of the molecule is C=C(C(=O)OCC)C(F)(F)F.Cc1ccccc1. The Morgan fingerprint density at radius 1 is 1.28 bits per heavy atom. The largest absolute Gasteiger partial charge is 0.462 e. The first kappa shape index (κ1) is 16.2. The molecule has 0 aliphatic carbocycles. The van der Waals surface area contributed by atoms with Crippen LogP contribution in [0.1, 0.15) is 12.5 Å². The third kappa shape index (κ3) is 6.73. The van der Waals surface area contributed by atoms with E-state index in [9.17, 15) is 18.0 Å². The van der Waals surface area contributed by atoms with Crippen LogP contribution in [0, 0.1) is 6.92 Å². The Hall–Kier alpha value is -1.78. The van der Waals surface area contributed by atoms with E-state index in [4.69, 9.17) is 0 Å². The van der Waals surface area contributed by atoms with Crippen molar-refractivity contribution in [2.45, 2.75) is 20.0 Å². The number of rotatable bonds is 2. The summed E-state index contributed by atoms with van der Waals surface area (Å²) in [5.41, 5.74) is -0.151. The van der Waals surface area contributed by atoms with Gasteiger partial charge in [-0.05, 0) is 13.8 Å². The first-order valence-corrected chi connectivity index (χ1v) is 5.24. The van der Waals surface area contributed by atoms with Gasteiger partial charge in [-0.3, -0.25) is 0 Å². The summed E-state index contributed by atoms with van der Waals surface area (Å²) in [6, 6.07) is 10.3. The van der Waals surface area contributed by atoms with Gasteiger partial charge in [0.15, 0.2) is 0 Å². The molecule has 0 bridgehead atoms. The van der Waals surface area contributed by atoms with E-state index in [0.29, 0.717) is 0 Å². The van der Waals surface area contributed by atoms with E-state index in [0.717, 1.165) is 0 Å². The van der Waals surface area contributed by atoms with Gasteiger partial charge in [-0.15, -0.1) is 0 Å². The van der Waals surface area contributed by atoms with Crippen LogP contribution >= 0.6 is 0 Å². The van der Waals surface area contributed by atoms with E-state index in [1.54, 1.807) is 0 Å². The Morgan fingerprint density at radius 2 is 1.78 bits per heavy atom. The number of esters is 1. The van der Waals surface area contributed by atoms with Crippen LogP contribution < -0.4 is 0 Å². The highest BCUT2D eigenvalue weighted by atomic mass is 19.4. The lowest BCUT2D eigenvalue weighted by atomic mass is 10.2. The van der Waals surface area contributed by atoms with Gasteiger partial charge in [-0.2, -0.15) is 13.2 Å². The quantitative estimate of drug-likeness (QED) is 0.599. The van der Waals surface area contributed by atoms with Gasteiger partial charge in [-0.25, -0.2) is 4.79 Å². The molecule has 1 aromatic carbocycles. The Balaban J connectivity index is 0.000000351. The molecule has 2 nitrogen and oxygen atoms in total. The van der Waals surface area contributed by atoms with Gasteiger partial charge in [0.2, 0.25) is 0 Å². The second-order valence-electron chi connectivity index (χ2n) is 3.35. The molecule has 0 fully saturated rings. The van der Waals surface area contributed by atoms with E-state index < -0.39 is 17.7 Å². The molecule has 18 heavy (non-hydrogen) atoms. The summed E-state index contributed by atoms with van der Waals surface area (Å²) in [7, 11) is 0. The third-order valence-electron chi connectivity index (χ3n) is 1.80. The second kappa shape index (κ2) is 7.53.